The van der Waals surface area contributed by atoms with Crippen LogP contribution in [-0.2, 0) is 0 Å². The van der Waals surface area contributed by atoms with Gasteiger partial charge in [0.1, 0.15) is 0 Å². The highest BCUT2D eigenvalue weighted by molar-refractivity contribution is 6.16. The Bertz CT molecular complexity index is 3670. The lowest BCUT2D eigenvalue weighted by atomic mass is 9.93. The van der Waals surface area contributed by atoms with Crippen LogP contribution in [-0.4, -0.2) is 19.1 Å². The fraction of sp³-hybridized carbons (Fsp3) is 0. The van der Waals surface area contributed by atoms with Crippen molar-refractivity contribution in [3.63, 3.8) is 0 Å². The van der Waals surface area contributed by atoms with Gasteiger partial charge in [-0.2, -0.15) is 0 Å². The van der Waals surface area contributed by atoms with Crippen molar-refractivity contribution >= 4 is 76.3 Å². The number of benzene rings is 9. The summed E-state index contributed by atoms with van der Waals surface area (Å²) in [6.07, 6.45) is 0. The molecule has 4 heterocycles. The summed E-state index contributed by atoms with van der Waals surface area (Å²) in [5, 5.41) is 8.25. The van der Waals surface area contributed by atoms with E-state index >= 15 is 0 Å². The molecule has 0 saturated carbocycles. The summed E-state index contributed by atoms with van der Waals surface area (Å²) >= 11 is 0. The lowest BCUT2D eigenvalue weighted by molar-refractivity contribution is 1.13. The second-order valence-electron chi connectivity index (χ2n) is 16.2. The Hall–Kier alpha value is -8.34. The minimum Gasteiger partial charge on any atom is -0.309 e. The Labute approximate surface area is 357 Å². The molecular formula is C58H36N4. The fourth-order valence-corrected chi connectivity index (χ4v) is 9.87. The minimum absolute atomic E-state index is 0.909. The van der Waals surface area contributed by atoms with Crippen LogP contribution in [0.25, 0.3) is 121 Å². The molecule has 0 aliphatic heterocycles. The maximum Gasteiger partial charge on any atom is 0.0978 e. The molecular weight excluding hydrogens is 753 g/mol. The van der Waals surface area contributed by atoms with Crippen LogP contribution in [0, 0.1) is 0 Å². The van der Waals surface area contributed by atoms with Gasteiger partial charge in [0.15, 0.2) is 0 Å². The minimum atomic E-state index is 0.909. The Balaban J connectivity index is 1.03. The van der Waals surface area contributed by atoms with E-state index < -0.39 is 0 Å². The summed E-state index contributed by atoms with van der Waals surface area (Å²) in [7, 11) is 0. The number of fused-ring (bicyclic) bond motifs is 10. The molecule has 62 heavy (non-hydrogen) atoms. The van der Waals surface area contributed by atoms with Crippen molar-refractivity contribution in [2.24, 2.45) is 0 Å². The monoisotopic (exact) mass is 788 g/mol. The molecule has 9 aromatic carbocycles. The number of hydrogen-bond acceptors (Lipinski definition) is 2. The molecule has 0 unspecified atom stereocenters. The fourth-order valence-electron chi connectivity index (χ4n) is 9.87. The molecule has 13 aromatic rings. The first-order chi connectivity index (χ1) is 30.7. The molecule has 0 bridgehead atoms. The Morgan fingerprint density at radius 2 is 0.774 bits per heavy atom. The topological polar surface area (TPSA) is 35.6 Å². The van der Waals surface area contributed by atoms with E-state index in [4.69, 9.17) is 9.97 Å². The SMILES string of the molecule is c1ccc(-c2ccc3ccc4c(-c5ccc(-c6cc(-n7c8ccccc8c8ccccc87)cc(-n7c8ccccc8c8ccccc87)c6)cc5)c5ccccc5nc4c3n2)cc1. The van der Waals surface area contributed by atoms with Crippen LogP contribution in [0.5, 0.6) is 0 Å². The average molecular weight is 789 g/mol. The highest BCUT2D eigenvalue weighted by Crippen LogP contribution is 2.41. The van der Waals surface area contributed by atoms with E-state index in [2.05, 4.69) is 221 Å². The smallest absolute Gasteiger partial charge is 0.0978 e. The molecule has 0 saturated heterocycles. The van der Waals surface area contributed by atoms with E-state index in [1.54, 1.807) is 0 Å². The van der Waals surface area contributed by atoms with Crippen LogP contribution in [0.2, 0.25) is 0 Å². The van der Waals surface area contributed by atoms with E-state index in [1.165, 1.54) is 43.6 Å². The summed E-state index contributed by atoms with van der Waals surface area (Å²) in [5.41, 5.74) is 16.3. The van der Waals surface area contributed by atoms with E-state index in [0.29, 0.717) is 0 Å². The maximum absolute atomic E-state index is 5.28. The molecule has 4 heteroatoms. The van der Waals surface area contributed by atoms with Gasteiger partial charge in [0.2, 0.25) is 0 Å². The van der Waals surface area contributed by atoms with Crippen LogP contribution in [0.1, 0.15) is 0 Å². The predicted molar refractivity (Wildman–Crippen MR) is 260 cm³/mol. The van der Waals surface area contributed by atoms with Crippen molar-refractivity contribution in [2.45, 2.75) is 0 Å². The second kappa shape index (κ2) is 13.6. The zero-order valence-corrected chi connectivity index (χ0v) is 33.6. The highest BCUT2D eigenvalue weighted by Gasteiger charge is 2.19. The molecule has 0 spiro atoms. The first-order valence-electron chi connectivity index (χ1n) is 21.2. The number of rotatable bonds is 5. The summed E-state index contributed by atoms with van der Waals surface area (Å²) in [5.74, 6) is 0. The number of hydrogen-bond donors (Lipinski definition) is 0. The van der Waals surface area contributed by atoms with Crippen molar-refractivity contribution in [1.29, 1.82) is 0 Å². The molecule has 0 N–H and O–H groups in total. The normalized spacial score (nSPS) is 11.9. The summed E-state index contributed by atoms with van der Waals surface area (Å²) in [4.78, 5) is 10.5. The van der Waals surface area contributed by atoms with E-state index in [9.17, 15) is 0 Å². The van der Waals surface area contributed by atoms with Gasteiger partial charge in [0.05, 0.1) is 44.3 Å². The third-order valence-electron chi connectivity index (χ3n) is 12.7. The zero-order chi connectivity index (χ0) is 40.7. The van der Waals surface area contributed by atoms with Gasteiger partial charge in [0, 0.05) is 60.2 Å². The molecule has 0 radical (unpaired) electrons. The van der Waals surface area contributed by atoms with Gasteiger partial charge in [-0.1, -0.05) is 164 Å². The molecule has 0 atom stereocenters. The van der Waals surface area contributed by atoms with Crippen LogP contribution in [0.15, 0.2) is 218 Å². The van der Waals surface area contributed by atoms with Crippen LogP contribution >= 0.6 is 0 Å². The van der Waals surface area contributed by atoms with E-state index in [-0.39, 0.29) is 0 Å². The van der Waals surface area contributed by atoms with Crippen LogP contribution < -0.4 is 0 Å². The third kappa shape index (κ3) is 5.27. The number of aromatic nitrogens is 4. The molecule has 0 fully saturated rings. The lowest BCUT2D eigenvalue weighted by Gasteiger charge is -2.16. The Morgan fingerprint density at radius 3 is 1.35 bits per heavy atom. The third-order valence-corrected chi connectivity index (χ3v) is 12.7. The number of para-hydroxylation sites is 5. The van der Waals surface area contributed by atoms with Crippen molar-refractivity contribution in [2.75, 3.05) is 0 Å². The molecule has 4 aromatic heterocycles. The Kier molecular flexibility index (Phi) is 7.57. The van der Waals surface area contributed by atoms with Crippen molar-refractivity contribution in [1.82, 2.24) is 19.1 Å². The number of nitrogens with zero attached hydrogens (tertiary/aromatic N) is 4. The lowest BCUT2D eigenvalue weighted by Crippen LogP contribution is -2.00. The average Bonchev–Trinajstić information content (AvgIpc) is 3.86. The standard InChI is InChI=1S/C58H36N4/c1-2-14-38(15-3-1)50-33-31-40-30-32-49-56(48-20-4-9-21-51(48)60-58(49)57(40)59-50)39-28-26-37(27-29-39)41-34-42(61-52-22-10-5-16-44(52)45-17-6-11-23-53(45)61)36-43(35-41)62-54-24-12-7-18-46(54)47-19-8-13-25-55(47)62/h1-36H. The van der Waals surface area contributed by atoms with Gasteiger partial charge in [-0.15, -0.1) is 0 Å². The first kappa shape index (κ1) is 34.5. The largest absolute Gasteiger partial charge is 0.309 e. The van der Waals surface area contributed by atoms with Crippen molar-refractivity contribution < 1.29 is 0 Å². The maximum atomic E-state index is 5.28. The van der Waals surface area contributed by atoms with E-state index in [1.807, 2.05) is 6.07 Å². The molecule has 0 amide bonds. The first-order valence-corrected chi connectivity index (χ1v) is 21.2. The van der Waals surface area contributed by atoms with Crippen LogP contribution in [0.4, 0.5) is 0 Å². The van der Waals surface area contributed by atoms with Gasteiger partial charge in [-0.3, -0.25) is 0 Å². The molecule has 288 valence electrons. The Morgan fingerprint density at radius 1 is 0.290 bits per heavy atom. The van der Waals surface area contributed by atoms with E-state index in [0.717, 1.165) is 77.6 Å². The van der Waals surface area contributed by atoms with Gasteiger partial charge >= 0.3 is 0 Å². The quantitative estimate of drug-likeness (QED) is 0.129. The summed E-state index contributed by atoms with van der Waals surface area (Å²) < 4.78 is 4.85. The second-order valence-corrected chi connectivity index (χ2v) is 16.2. The molecule has 0 aliphatic carbocycles. The number of pyridine rings is 2. The highest BCUT2D eigenvalue weighted by atomic mass is 15.0. The van der Waals surface area contributed by atoms with Gasteiger partial charge in [0.25, 0.3) is 0 Å². The van der Waals surface area contributed by atoms with Gasteiger partial charge < -0.3 is 9.13 Å². The summed E-state index contributed by atoms with van der Waals surface area (Å²) in [6.45, 7) is 0. The molecule has 0 aliphatic rings. The summed E-state index contributed by atoms with van der Waals surface area (Å²) in [6, 6.07) is 78.7. The van der Waals surface area contributed by atoms with Crippen molar-refractivity contribution in [3.05, 3.63) is 218 Å². The van der Waals surface area contributed by atoms with Gasteiger partial charge in [-0.25, -0.2) is 9.97 Å². The molecule has 13 rings (SSSR count). The molecule has 4 nitrogen and oxygen atoms in total. The van der Waals surface area contributed by atoms with Crippen LogP contribution in [0.3, 0.4) is 0 Å². The van der Waals surface area contributed by atoms with Gasteiger partial charge in [-0.05, 0) is 71.3 Å². The van der Waals surface area contributed by atoms with Crippen molar-refractivity contribution in [3.8, 4) is 44.9 Å². The predicted octanol–water partition coefficient (Wildman–Crippen LogP) is 15.1. The zero-order valence-electron chi connectivity index (χ0n) is 33.6.